The first kappa shape index (κ1) is 16.2. The van der Waals surface area contributed by atoms with Crippen molar-refractivity contribution in [2.75, 3.05) is 7.11 Å². The van der Waals surface area contributed by atoms with Crippen LogP contribution in [-0.4, -0.2) is 18.2 Å². The lowest BCUT2D eigenvalue weighted by atomic mass is 9.85. The number of fused-ring (bicyclic) bond motifs is 5. The number of carboxylic acid groups (broad SMARTS) is 1. The fraction of sp³-hybridized carbons (Fsp3) is 0.200. The molecule has 0 amide bonds. The molecule has 4 rings (SSSR count). The lowest BCUT2D eigenvalue weighted by Gasteiger charge is -2.35. The minimum absolute atomic E-state index is 0.112. The molecule has 1 aliphatic heterocycles. The van der Waals surface area contributed by atoms with E-state index in [0.29, 0.717) is 17.1 Å². The fourth-order valence-corrected chi connectivity index (χ4v) is 3.42. The van der Waals surface area contributed by atoms with Crippen molar-refractivity contribution in [3.63, 3.8) is 0 Å². The molecule has 26 heavy (non-hydrogen) atoms. The van der Waals surface area contributed by atoms with Crippen LogP contribution in [0.25, 0.3) is 22.1 Å². The van der Waals surface area contributed by atoms with Crippen LogP contribution in [0.5, 0.6) is 11.5 Å². The van der Waals surface area contributed by atoms with Crippen molar-refractivity contribution in [3.8, 4) is 22.6 Å². The first-order chi connectivity index (χ1) is 12.3. The summed E-state index contributed by atoms with van der Waals surface area (Å²) in [4.78, 5) is 23.9. The molecule has 132 valence electrons. The third-order valence-corrected chi connectivity index (χ3v) is 4.57. The molecule has 1 aliphatic rings. The molecule has 1 N–H and O–H groups in total. The van der Waals surface area contributed by atoms with Gasteiger partial charge in [-0.3, -0.25) is 4.79 Å². The molecule has 6 heteroatoms. The summed E-state index contributed by atoms with van der Waals surface area (Å²) < 4.78 is 17.1. The number of carboxylic acids is 1. The lowest BCUT2D eigenvalue weighted by molar-refractivity contribution is 0.0662. The Balaban J connectivity index is 2.18. The van der Waals surface area contributed by atoms with Crippen LogP contribution in [0.15, 0.2) is 45.6 Å². The van der Waals surface area contributed by atoms with Gasteiger partial charge < -0.3 is 19.0 Å². The maximum absolute atomic E-state index is 12.7. The van der Waals surface area contributed by atoms with Gasteiger partial charge in [0.05, 0.1) is 12.7 Å². The summed E-state index contributed by atoms with van der Waals surface area (Å²) >= 11 is 0. The number of benzene rings is 2. The smallest absolute Gasteiger partial charge is 0.371 e. The Morgan fingerprint density at radius 3 is 2.62 bits per heavy atom. The van der Waals surface area contributed by atoms with E-state index >= 15 is 0 Å². The summed E-state index contributed by atoms with van der Waals surface area (Å²) in [5.41, 5.74) is 1.49. The van der Waals surface area contributed by atoms with Gasteiger partial charge in [0.25, 0.3) is 0 Å². The highest BCUT2D eigenvalue weighted by atomic mass is 16.5. The number of hydrogen-bond donors (Lipinski definition) is 1. The molecule has 0 radical (unpaired) electrons. The molecule has 0 saturated heterocycles. The molecule has 0 atom stereocenters. The first-order valence-corrected chi connectivity index (χ1v) is 8.04. The molecule has 1 aromatic heterocycles. The molecule has 0 spiro atoms. The van der Waals surface area contributed by atoms with E-state index in [4.69, 9.17) is 19.0 Å². The number of ether oxygens (including phenoxy) is 2. The van der Waals surface area contributed by atoms with Crippen LogP contribution >= 0.6 is 0 Å². The average molecular weight is 352 g/mol. The van der Waals surface area contributed by atoms with E-state index in [1.807, 2.05) is 38.1 Å². The molecule has 3 aromatic rings. The van der Waals surface area contributed by atoms with E-state index in [0.717, 1.165) is 17.2 Å². The van der Waals surface area contributed by atoms with Crippen LogP contribution in [-0.2, 0) is 5.60 Å². The van der Waals surface area contributed by atoms with Crippen molar-refractivity contribution < 1.29 is 23.8 Å². The number of rotatable bonds is 2. The predicted octanol–water partition coefficient (Wildman–Crippen LogP) is 3.79. The summed E-state index contributed by atoms with van der Waals surface area (Å²) in [6.45, 7) is 3.82. The highest BCUT2D eigenvalue weighted by molar-refractivity contribution is 5.98. The molecule has 0 unspecified atom stereocenters. The van der Waals surface area contributed by atoms with Gasteiger partial charge in [-0.25, -0.2) is 4.79 Å². The first-order valence-electron chi connectivity index (χ1n) is 8.04. The number of aromatic carboxylic acids is 1. The summed E-state index contributed by atoms with van der Waals surface area (Å²) in [5, 5.41) is 9.35. The van der Waals surface area contributed by atoms with Gasteiger partial charge >= 0.3 is 5.97 Å². The molecule has 0 bridgehead atoms. The van der Waals surface area contributed by atoms with E-state index in [1.54, 1.807) is 0 Å². The molecular formula is C20H16O6. The van der Waals surface area contributed by atoms with Crippen LogP contribution < -0.4 is 14.9 Å². The second kappa shape index (κ2) is 5.36. The highest BCUT2D eigenvalue weighted by Gasteiger charge is 2.36. The molecular weight excluding hydrogens is 336 g/mol. The standard InChI is InChI=1S/C20H16O6/c1-20(2)11-7-5-4-6-10(11)16-13(24-3)9-14-17(18(16)26-20)12(21)8-15(25-14)19(22)23/h4-9H,1-3H3,(H,22,23). The third kappa shape index (κ3) is 2.19. The zero-order valence-electron chi connectivity index (χ0n) is 14.5. The lowest BCUT2D eigenvalue weighted by Crippen LogP contribution is -2.30. The fourth-order valence-electron chi connectivity index (χ4n) is 3.42. The Morgan fingerprint density at radius 2 is 1.92 bits per heavy atom. The number of methoxy groups -OCH3 is 1. The molecule has 6 nitrogen and oxygen atoms in total. The Kier molecular flexibility index (Phi) is 3.34. The Morgan fingerprint density at radius 1 is 1.19 bits per heavy atom. The summed E-state index contributed by atoms with van der Waals surface area (Å²) in [7, 11) is 1.50. The predicted molar refractivity (Wildman–Crippen MR) is 95.1 cm³/mol. The molecule has 2 aromatic carbocycles. The third-order valence-electron chi connectivity index (χ3n) is 4.57. The second-order valence-corrected chi connectivity index (χ2v) is 6.59. The largest absolute Gasteiger partial charge is 0.496 e. The maximum atomic E-state index is 12.7. The van der Waals surface area contributed by atoms with E-state index in [2.05, 4.69) is 0 Å². The van der Waals surface area contributed by atoms with Crippen molar-refractivity contribution in [3.05, 3.63) is 57.9 Å². The Labute approximate surface area is 148 Å². The monoisotopic (exact) mass is 352 g/mol. The van der Waals surface area contributed by atoms with Gasteiger partial charge in [0.1, 0.15) is 28.1 Å². The highest BCUT2D eigenvalue weighted by Crippen LogP contribution is 2.51. The minimum atomic E-state index is -1.31. The van der Waals surface area contributed by atoms with E-state index in [9.17, 15) is 9.59 Å². The van der Waals surface area contributed by atoms with E-state index in [-0.39, 0.29) is 11.0 Å². The van der Waals surface area contributed by atoms with Gasteiger partial charge in [-0.05, 0) is 19.4 Å². The van der Waals surface area contributed by atoms with Crippen LogP contribution in [0.2, 0.25) is 0 Å². The Bertz CT molecular complexity index is 1120. The number of carbonyl (C=O) groups is 1. The Hall–Kier alpha value is -3.28. The SMILES string of the molecule is COc1cc2oc(C(=O)O)cc(=O)c2c2c1-c1ccccc1C(C)(C)O2. The van der Waals surface area contributed by atoms with Crippen molar-refractivity contribution >= 4 is 16.9 Å². The van der Waals surface area contributed by atoms with Crippen LogP contribution in [0.3, 0.4) is 0 Å². The van der Waals surface area contributed by atoms with Gasteiger partial charge in [0.2, 0.25) is 5.76 Å². The maximum Gasteiger partial charge on any atom is 0.371 e. The van der Waals surface area contributed by atoms with E-state index in [1.165, 1.54) is 13.2 Å². The van der Waals surface area contributed by atoms with Crippen LogP contribution in [0.1, 0.15) is 30.0 Å². The van der Waals surface area contributed by atoms with E-state index < -0.39 is 22.8 Å². The van der Waals surface area contributed by atoms with Crippen LogP contribution in [0.4, 0.5) is 0 Å². The molecule has 0 saturated carbocycles. The molecule has 0 aliphatic carbocycles. The summed E-state index contributed by atoms with van der Waals surface area (Å²) in [5.74, 6) is -0.956. The van der Waals surface area contributed by atoms with Gasteiger partial charge in [0.15, 0.2) is 5.43 Å². The van der Waals surface area contributed by atoms with Crippen molar-refractivity contribution in [1.29, 1.82) is 0 Å². The minimum Gasteiger partial charge on any atom is -0.496 e. The van der Waals surface area contributed by atoms with Crippen molar-refractivity contribution in [2.24, 2.45) is 0 Å². The van der Waals surface area contributed by atoms with Gasteiger partial charge in [-0.15, -0.1) is 0 Å². The zero-order chi connectivity index (χ0) is 18.6. The van der Waals surface area contributed by atoms with Crippen LogP contribution in [0, 0.1) is 0 Å². The number of hydrogen-bond acceptors (Lipinski definition) is 5. The topological polar surface area (TPSA) is 86.0 Å². The van der Waals surface area contributed by atoms with Crippen molar-refractivity contribution in [2.45, 2.75) is 19.4 Å². The van der Waals surface area contributed by atoms with Crippen molar-refractivity contribution in [1.82, 2.24) is 0 Å². The molecule has 2 heterocycles. The quantitative estimate of drug-likeness (QED) is 0.755. The van der Waals surface area contributed by atoms with Gasteiger partial charge in [-0.2, -0.15) is 0 Å². The van der Waals surface area contributed by atoms with Gasteiger partial charge in [0, 0.05) is 17.7 Å². The second-order valence-electron chi connectivity index (χ2n) is 6.59. The normalized spacial score (nSPS) is 14.3. The summed E-state index contributed by atoms with van der Waals surface area (Å²) in [6, 6.07) is 10.2. The van der Waals surface area contributed by atoms with Gasteiger partial charge in [-0.1, -0.05) is 24.3 Å². The zero-order valence-corrected chi connectivity index (χ0v) is 14.5. The summed E-state index contributed by atoms with van der Waals surface area (Å²) in [6.07, 6.45) is 0. The molecule has 0 fully saturated rings. The average Bonchev–Trinajstić information content (AvgIpc) is 2.60.